The van der Waals surface area contributed by atoms with Crippen LogP contribution in [0.25, 0.3) is 22.3 Å². The average Bonchev–Trinajstić information content (AvgIpc) is 3.31. The molecule has 36 heavy (non-hydrogen) atoms. The quantitative estimate of drug-likeness (QED) is 0.436. The SMILES string of the molecule is Nc1ncnc2c1c(-c1ccc(Oc3ccccc3)cc1)nn2[C@H]1CCN(C2CCNCC2)C[C@@H]1F. The number of anilines is 1. The molecule has 4 aromatic rings. The highest BCUT2D eigenvalue weighted by Crippen LogP contribution is 2.36. The number of rotatable bonds is 5. The Morgan fingerprint density at radius 1 is 0.944 bits per heavy atom. The summed E-state index contributed by atoms with van der Waals surface area (Å²) in [6, 6.07) is 17.3. The Labute approximate surface area is 209 Å². The molecule has 186 valence electrons. The van der Waals surface area contributed by atoms with Crippen molar-refractivity contribution in [3.05, 3.63) is 60.9 Å². The third-order valence-electron chi connectivity index (χ3n) is 7.30. The highest BCUT2D eigenvalue weighted by molar-refractivity contribution is 5.98. The van der Waals surface area contributed by atoms with Crippen LogP contribution in [0.1, 0.15) is 25.3 Å². The first kappa shape index (κ1) is 22.9. The molecule has 6 rings (SSSR count). The summed E-state index contributed by atoms with van der Waals surface area (Å²) in [6.45, 7) is 3.26. The fraction of sp³-hybridized carbons (Fsp3) is 0.370. The molecule has 0 amide bonds. The number of aromatic nitrogens is 4. The van der Waals surface area contributed by atoms with Crippen LogP contribution in [-0.4, -0.2) is 63.0 Å². The second kappa shape index (κ2) is 9.83. The van der Waals surface area contributed by atoms with Crippen LogP contribution in [0.3, 0.4) is 0 Å². The minimum Gasteiger partial charge on any atom is -0.457 e. The Balaban J connectivity index is 1.29. The number of hydrogen-bond acceptors (Lipinski definition) is 7. The number of alkyl halides is 1. The zero-order valence-electron chi connectivity index (χ0n) is 20.1. The van der Waals surface area contributed by atoms with E-state index in [0.717, 1.165) is 43.8 Å². The molecule has 2 aromatic carbocycles. The molecule has 0 unspecified atom stereocenters. The van der Waals surface area contributed by atoms with Gasteiger partial charge in [-0.1, -0.05) is 18.2 Å². The number of para-hydroxylation sites is 1. The standard InChI is InChI=1S/C27H30FN7O/c28-22-16-34(19-10-13-30-14-11-19)15-12-23(22)35-27-24(26(29)31-17-32-27)25(33-35)18-6-8-21(9-7-18)36-20-4-2-1-3-5-20/h1-9,17,19,22-23,30H,10-16H2,(H2,29,31,32)/t22-,23-/m0/s1. The molecule has 3 N–H and O–H groups in total. The van der Waals surface area contributed by atoms with E-state index < -0.39 is 12.2 Å². The van der Waals surface area contributed by atoms with E-state index >= 15 is 4.39 Å². The van der Waals surface area contributed by atoms with Gasteiger partial charge < -0.3 is 15.8 Å². The van der Waals surface area contributed by atoms with Gasteiger partial charge >= 0.3 is 0 Å². The third-order valence-corrected chi connectivity index (χ3v) is 7.30. The third kappa shape index (κ3) is 4.40. The van der Waals surface area contributed by atoms with Gasteiger partial charge in [0.15, 0.2) is 5.65 Å². The number of fused-ring (bicyclic) bond motifs is 1. The number of ether oxygens (including phenoxy) is 1. The summed E-state index contributed by atoms with van der Waals surface area (Å²) in [5, 5.41) is 8.92. The number of hydrogen-bond donors (Lipinski definition) is 2. The summed E-state index contributed by atoms with van der Waals surface area (Å²) in [5.74, 6) is 1.82. The molecule has 0 radical (unpaired) electrons. The van der Waals surface area contributed by atoms with Crippen LogP contribution >= 0.6 is 0 Å². The molecule has 0 aliphatic carbocycles. The topological polar surface area (TPSA) is 94.1 Å². The van der Waals surface area contributed by atoms with Crippen molar-refractivity contribution in [2.24, 2.45) is 0 Å². The first-order valence-corrected chi connectivity index (χ1v) is 12.6. The number of piperidine rings is 2. The van der Waals surface area contributed by atoms with E-state index in [2.05, 4.69) is 20.2 Å². The Kier molecular flexibility index (Phi) is 6.25. The number of nitrogen functional groups attached to an aromatic ring is 1. The van der Waals surface area contributed by atoms with Crippen molar-refractivity contribution < 1.29 is 9.13 Å². The van der Waals surface area contributed by atoms with Crippen LogP contribution < -0.4 is 15.8 Å². The first-order valence-electron chi connectivity index (χ1n) is 12.6. The summed E-state index contributed by atoms with van der Waals surface area (Å²) < 4.78 is 23.3. The summed E-state index contributed by atoms with van der Waals surface area (Å²) in [7, 11) is 0. The molecule has 2 fully saturated rings. The van der Waals surface area contributed by atoms with Crippen LogP contribution in [0.2, 0.25) is 0 Å². The summed E-state index contributed by atoms with van der Waals surface area (Å²) in [5.41, 5.74) is 8.37. The molecule has 2 saturated heterocycles. The zero-order valence-corrected chi connectivity index (χ0v) is 20.1. The van der Waals surface area contributed by atoms with E-state index in [4.69, 9.17) is 15.6 Å². The van der Waals surface area contributed by atoms with Crippen LogP contribution in [0.5, 0.6) is 11.5 Å². The highest BCUT2D eigenvalue weighted by atomic mass is 19.1. The lowest BCUT2D eigenvalue weighted by molar-refractivity contribution is 0.0472. The Morgan fingerprint density at radius 3 is 2.44 bits per heavy atom. The van der Waals surface area contributed by atoms with Crippen molar-refractivity contribution in [3.8, 4) is 22.8 Å². The van der Waals surface area contributed by atoms with Gasteiger partial charge in [0, 0.05) is 24.7 Å². The van der Waals surface area contributed by atoms with Crippen LogP contribution in [0, 0.1) is 0 Å². The molecule has 0 bridgehead atoms. The molecular formula is C27H30FN7O. The van der Waals surface area contributed by atoms with E-state index in [-0.39, 0.29) is 0 Å². The van der Waals surface area contributed by atoms with Crippen molar-refractivity contribution in [1.82, 2.24) is 30.0 Å². The van der Waals surface area contributed by atoms with E-state index in [1.54, 1.807) is 4.68 Å². The number of likely N-dealkylation sites (tertiary alicyclic amines) is 1. The number of benzene rings is 2. The second-order valence-corrected chi connectivity index (χ2v) is 9.54. The van der Waals surface area contributed by atoms with Crippen LogP contribution in [-0.2, 0) is 0 Å². The molecule has 2 aliphatic heterocycles. The maximum atomic E-state index is 15.6. The summed E-state index contributed by atoms with van der Waals surface area (Å²) >= 11 is 0. The Morgan fingerprint density at radius 2 is 1.69 bits per heavy atom. The molecule has 4 heterocycles. The molecule has 2 aliphatic rings. The smallest absolute Gasteiger partial charge is 0.164 e. The lowest BCUT2D eigenvalue weighted by Crippen LogP contribution is -2.50. The lowest BCUT2D eigenvalue weighted by atomic mass is 9.97. The van der Waals surface area contributed by atoms with Crippen molar-refractivity contribution in [2.45, 2.75) is 37.5 Å². The summed E-state index contributed by atoms with van der Waals surface area (Å²) in [4.78, 5) is 11.0. The van der Waals surface area contributed by atoms with Gasteiger partial charge in [0.25, 0.3) is 0 Å². The van der Waals surface area contributed by atoms with Gasteiger partial charge in [-0.3, -0.25) is 4.90 Å². The van der Waals surface area contributed by atoms with E-state index in [9.17, 15) is 0 Å². The van der Waals surface area contributed by atoms with Crippen molar-refractivity contribution >= 4 is 16.9 Å². The molecule has 0 saturated carbocycles. The monoisotopic (exact) mass is 487 g/mol. The second-order valence-electron chi connectivity index (χ2n) is 9.54. The van der Waals surface area contributed by atoms with Gasteiger partial charge in [0.2, 0.25) is 0 Å². The van der Waals surface area contributed by atoms with Crippen molar-refractivity contribution in [1.29, 1.82) is 0 Å². The van der Waals surface area contributed by atoms with Crippen molar-refractivity contribution in [3.63, 3.8) is 0 Å². The van der Waals surface area contributed by atoms with E-state index in [1.807, 2.05) is 54.6 Å². The molecule has 2 aromatic heterocycles. The van der Waals surface area contributed by atoms with Gasteiger partial charge in [0.05, 0.1) is 11.4 Å². The molecular weight excluding hydrogens is 457 g/mol. The fourth-order valence-electron chi connectivity index (χ4n) is 5.43. The minimum absolute atomic E-state index is 0.341. The maximum Gasteiger partial charge on any atom is 0.164 e. The highest BCUT2D eigenvalue weighted by Gasteiger charge is 2.36. The first-order chi connectivity index (χ1) is 17.7. The Bertz CT molecular complexity index is 1320. The number of nitrogens with two attached hydrogens (primary N) is 1. The Hall–Kier alpha value is -3.56. The predicted molar refractivity (Wildman–Crippen MR) is 138 cm³/mol. The number of nitrogens with zero attached hydrogens (tertiary/aromatic N) is 5. The van der Waals surface area contributed by atoms with E-state index in [1.165, 1.54) is 6.33 Å². The van der Waals surface area contributed by atoms with Crippen molar-refractivity contribution in [2.75, 3.05) is 31.9 Å². The minimum atomic E-state index is -1.04. The lowest BCUT2D eigenvalue weighted by Gasteiger charge is -2.41. The largest absolute Gasteiger partial charge is 0.457 e. The zero-order chi connectivity index (χ0) is 24.5. The van der Waals surface area contributed by atoms with Crippen LogP contribution in [0.15, 0.2) is 60.9 Å². The molecule has 8 nitrogen and oxygen atoms in total. The van der Waals surface area contributed by atoms with Crippen LogP contribution in [0.4, 0.5) is 10.2 Å². The van der Waals surface area contributed by atoms with Gasteiger partial charge in [0.1, 0.15) is 35.5 Å². The van der Waals surface area contributed by atoms with E-state index in [0.29, 0.717) is 47.3 Å². The van der Waals surface area contributed by atoms with Gasteiger partial charge in [-0.2, -0.15) is 5.10 Å². The predicted octanol–water partition coefficient (Wildman–Crippen LogP) is 4.20. The summed E-state index contributed by atoms with van der Waals surface area (Å²) in [6.07, 6.45) is 3.20. The molecule has 2 atom stereocenters. The number of halogens is 1. The average molecular weight is 488 g/mol. The molecule has 9 heteroatoms. The number of nitrogens with one attached hydrogen (secondary N) is 1. The fourth-order valence-corrected chi connectivity index (χ4v) is 5.43. The maximum absolute atomic E-state index is 15.6. The van der Waals surface area contributed by atoms with Gasteiger partial charge in [-0.25, -0.2) is 19.0 Å². The normalized spacial score (nSPS) is 21.6. The molecule has 0 spiro atoms. The van der Waals surface area contributed by atoms with Gasteiger partial charge in [-0.05, 0) is 68.8 Å². The van der Waals surface area contributed by atoms with Gasteiger partial charge in [-0.15, -0.1) is 0 Å².